The second kappa shape index (κ2) is 9.31. The normalized spacial score (nSPS) is 10.4. The molecule has 1 heterocycles. The van der Waals surface area contributed by atoms with E-state index in [-0.39, 0.29) is 11.4 Å². The number of nitrogens with zero attached hydrogens (tertiary/aromatic N) is 1. The number of ether oxygens (including phenoxy) is 2. The summed E-state index contributed by atoms with van der Waals surface area (Å²) in [6, 6.07) is 11.8. The molecule has 0 saturated heterocycles. The van der Waals surface area contributed by atoms with Crippen LogP contribution in [0, 0.1) is 17.0 Å². The van der Waals surface area contributed by atoms with Gasteiger partial charge in [0.2, 0.25) is 5.76 Å². The van der Waals surface area contributed by atoms with Crippen LogP contribution in [-0.4, -0.2) is 30.5 Å². The maximum Gasteiger partial charge on any atom is 0.374 e. The van der Waals surface area contributed by atoms with Crippen molar-refractivity contribution < 1.29 is 28.4 Å². The Hall–Kier alpha value is -3.85. The van der Waals surface area contributed by atoms with Crippen LogP contribution in [0.25, 0.3) is 11.3 Å². The molecule has 3 aromatic rings. The average molecular weight is 445 g/mol. The van der Waals surface area contributed by atoms with Crippen LogP contribution in [-0.2, 0) is 9.53 Å². The Balaban J connectivity index is 1.61. The minimum Gasteiger partial charge on any atom is -0.495 e. The number of hydrogen-bond donors (Lipinski definition) is 1. The van der Waals surface area contributed by atoms with Crippen LogP contribution in [0.4, 0.5) is 11.4 Å². The standard InChI is InChI=1S/C21H17ClN2O7/c1-12-9-16(19(29-2)10-15(12)22)23-20(25)11-30-21(26)18-8-7-17(31-18)13-3-5-14(6-4-13)24(27)28/h3-10H,11H2,1-2H3,(H,23,25). The molecule has 0 bridgehead atoms. The lowest BCUT2D eigenvalue weighted by Gasteiger charge is -2.12. The van der Waals surface area contributed by atoms with Crippen molar-refractivity contribution in [3.63, 3.8) is 0 Å². The predicted molar refractivity (Wildman–Crippen MR) is 112 cm³/mol. The van der Waals surface area contributed by atoms with Crippen LogP contribution < -0.4 is 10.1 Å². The summed E-state index contributed by atoms with van der Waals surface area (Å²) in [4.78, 5) is 34.6. The first-order chi connectivity index (χ1) is 14.8. The van der Waals surface area contributed by atoms with E-state index in [0.29, 0.717) is 27.8 Å². The third-order valence-electron chi connectivity index (χ3n) is 4.26. The van der Waals surface area contributed by atoms with Crippen molar-refractivity contribution in [2.24, 2.45) is 0 Å². The second-order valence-electron chi connectivity index (χ2n) is 6.39. The Morgan fingerprint density at radius 1 is 1.16 bits per heavy atom. The fourth-order valence-corrected chi connectivity index (χ4v) is 2.82. The highest BCUT2D eigenvalue weighted by atomic mass is 35.5. The summed E-state index contributed by atoms with van der Waals surface area (Å²) in [5.74, 6) is -0.819. The fourth-order valence-electron chi connectivity index (χ4n) is 2.67. The van der Waals surface area contributed by atoms with E-state index >= 15 is 0 Å². The molecule has 2 aromatic carbocycles. The number of carbonyl (C=O) groups excluding carboxylic acids is 2. The maximum atomic E-state index is 12.2. The molecular formula is C21H17ClN2O7. The van der Waals surface area contributed by atoms with Crippen molar-refractivity contribution >= 4 is 34.9 Å². The van der Waals surface area contributed by atoms with E-state index in [1.807, 2.05) is 0 Å². The third-order valence-corrected chi connectivity index (χ3v) is 4.67. The molecular weight excluding hydrogens is 428 g/mol. The quantitative estimate of drug-likeness (QED) is 0.320. The largest absolute Gasteiger partial charge is 0.495 e. The molecule has 0 fully saturated rings. The van der Waals surface area contributed by atoms with E-state index in [1.54, 1.807) is 19.1 Å². The van der Waals surface area contributed by atoms with Crippen molar-refractivity contribution in [2.45, 2.75) is 6.92 Å². The zero-order chi connectivity index (χ0) is 22.5. The number of nitrogens with one attached hydrogen (secondary N) is 1. The molecule has 0 saturated carbocycles. The molecule has 1 aromatic heterocycles. The van der Waals surface area contributed by atoms with Gasteiger partial charge in [0.1, 0.15) is 11.5 Å². The number of hydrogen-bond acceptors (Lipinski definition) is 7. The van der Waals surface area contributed by atoms with Crippen molar-refractivity contribution in [3.05, 3.63) is 75.0 Å². The van der Waals surface area contributed by atoms with E-state index in [4.69, 9.17) is 25.5 Å². The van der Waals surface area contributed by atoms with Gasteiger partial charge < -0.3 is 19.2 Å². The molecule has 1 N–H and O–H groups in total. The number of nitro benzene ring substituents is 1. The molecule has 31 heavy (non-hydrogen) atoms. The molecule has 3 rings (SSSR count). The first kappa shape index (κ1) is 21.8. The molecule has 0 aliphatic heterocycles. The number of furan rings is 1. The SMILES string of the molecule is COc1cc(Cl)c(C)cc1NC(=O)COC(=O)c1ccc(-c2ccc([N+](=O)[O-])cc2)o1. The molecule has 1 amide bonds. The first-order valence-corrected chi connectivity index (χ1v) is 9.32. The number of methoxy groups -OCH3 is 1. The smallest absolute Gasteiger partial charge is 0.374 e. The van der Waals surface area contributed by atoms with Crippen LogP contribution in [0.5, 0.6) is 5.75 Å². The van der Waals surface area contributed by atoms with Gasteiger partial charge in [-0.25, -0.2) is 4.79 Å². The van der Waals surface area contributed by atoms with Crippen LogP contribution in [0.3, 0.4) is 0 Å². The molecule has 9 nitrogen and oxygen atoms in total. The Morgan fingerprint density at radius 3 is 2.52 bits per heavy atom. The zero-order valence-corrected chi connectivity index (χ0v) is 17.3. The Kier molecular flexibility index (Phi) is 6.56. The lowest BCUT2D eigenvalue weighted by molar-refractivity contribution is -0.384. The molecule has 0 radical (unpaired) electrons. The Morgan fingerprint density at radius 2 is 1.87 bits per heavy atom. The summed E-state index contributed by atoms with van der Waals surface area (Å²) in [5.41, 5.74) is 1.62. The minimum atomic E-state index is -0.831. The second-order valence-corrected chi connectivity index (χ2v) is 6.80. The van der Waals surface area contributed by atoms with Crippen molar-refractivity contribution in [1.29, 1.82) is 0 Å². The number of halogens is 1. The van der Waals surface area contributed by atoms with E-state index in [9.17, 15) is 19.7 Å². The van der Waals surface area contributed by atoms with E-state index in [0.717, 1.165) is 5.56 Å². The van der Waals surface area contributed by atoms with Gasteiger partial charge in [-0.3, -0.25) is 14.9 Å². The number of anilines is 1. The van der Waals surface area contributed by atoms with Crippen LogP contribution in [0.1, 0.15) is 16.1 Å². The molecule has 0 aliphatic carbocycles. The molecule has 0 aliphatic rings. The monoisotopic (exact) mass is 444 g/mol. The Bertz CT molecular complexity index is 1140. The van der Waals surface area contributed by atoms with Crippen LogP contribution in [0.2, 0.25) is 5.02 Å². The summed E-state index contributed by atoms with van der Waals surface area (Å²) < 4.78 is 15.6. The third kappa shape index (κ3) is 5.20. The topological polar surface area (TPSA) is 121 Å². The number of nitro groups is 1. The first-order valence-electron chi connectivity index (χ1n) is 8.94. The number of amides is 1. The highest BCUT2D eigenvalue weighted by Crippen LogP contribution is 2.31. The predicted octanol–water partition coefficient (Wildman–Crippen LogP) is 4.62. The number of carbonyl (C=O) groups is 2. The maximum absolute atomic E-state index is 12.2. The van der Waals surface area contributed by atoms with Gasteiger partial charge >= 0.3 is 5.97 Å². The highest BCUT2D eigenvalue weighted by Gasteiger charge is 2.17. The van der Waals surface area contributed by atoms with Gasteiger partial charge in [0.25, 0.3) is 11.6 Å². The van der Waals surface area contributed by atoms with Gasteiger partial charge in [-0.05, 0) is 42.8 Å². The van der Waals surface area contributed by atoms with Crippen molar-refractivity contribution in [1.82, 2.24) is 0 Å². The van der Waals surface area contributed by atoms with Gasteiger partial charge in [-0.1, -0.05) is 11.6 Å². The summed E-state index contributed by atoms with van der Waals surface area (Å²) in [7, 11) is 1.44. The van der Waals surface area contributed by atoms with Gasteiger partial charge in [-0.2, -0.15) is 0 Å². The summed E-state index contributed by atoms with van der Waals surface area (Å²) in [5, 5.41) is 13.8. The average Bonchev–Trinajstić information content (AvgIpc) is 3.25. The Labute approximate surface area is 181 Å². The van der Waals surface area contributed by atoms with Crippen molar-refractivity contribution in [2.75, 3.05) is 19.0 Å². The molecule has 160 valence electrons. The molecule has 0 atom stereocenters. The van der Waals surface area contributed by atoms with Crippen molar-refractivity contribution in [3.8, 4) is 17.1 Å². The van der Waals surface area contributed by atoms with Crippen LogP contribution >= 0.6 is 11.6 Å². The summed E-state index contributed by atoms with van der Waals surface area (Å²) in [6.07, 6.45) is 0. The fraction of sp³-hybridized carbons (Fsp3) is 0.143. The number of rotatable bonds is 7. The number of aryl methyl sites for hydroxylation is 1. The summed E-state index contributed by atoms with van der Waals surface area (Å²) in [6.45, 7) is 1.23. The van der Waals surface area contributed by atoms with E-state index in [1.165, 1.54) is 43.5 Å². The van der Waals surface area contributed by atoms with Gasteiger partial charge in [0.05, 0.1) is 17.7 Å². The molecule has 10 heteroatoms. The number of benzene rings is 2. The number of esters is 1. The highest BCUT2D eigenvalue weighted by molar-refractivity contribution is 6.31. The summed E-state index contributed by atoms with van der Waals surface area (Å²) >= 11 is 6.04. The van der Waals surface area contributed by atoms with Gasteiger partial charge in [-0.15, -0.1) is 0 Å². The minimum absolute atomic E-state index is 0.0616. The zero-order valence-electron chi connectivity index (χ0n) is 16.5. The lowest BCUT2D eigenvalue weighted by Crippen LogP contribution is -2.21. The van der Waals surface area contributed by atoms with E-state index in [2.05, 4.69) is 5.32 Å². The van der Waals surface area contributed by atoms with E-state index < -0.39 is 23.4 Å². The molecule has 0 spiro atoms. The van der Waals surface area contributed by atoms with Crippen LogP contribution in [0.15, 0.2) is 52.9 Å². The van der Waals surface area contributed by atoms with Gasteiger partial charge in [0, 0.05) is 28.8 Å². The van der Waals surface area contributed by atoms with Gasteiger partial charge in [0.15, 0.2) is 6.61 Å². The lowest BCUT2D eigenvalue weighted by atomic mass is 10.1. The number of non-ortho nitro benzene ring substituents is 1. The molecule has 0 unspecified atom stereocenters.